The highest BCUT2D eigenvalue weighted by Crippen LogP contribution is 2.26. The van der Waals surface area contributed by atoms with Gasteiger partial charge in [0.2, 0.25) is 0 Å². The molecule has 0 atom stereocenters. The van der Waals surface area contributed by atoms with Gasteiger partial charge >= 0.3 is 5.97 Å². The summed E-state index contributed by atoms with van der Waals surface area (Å²) in [4.78, 5) is 27.6. The summed E-state index contributed by atoms with van der Waals surface area (Å²) in [6.07, 6.45) is 0. The molecule has 1 fully saturated rings. The molecule has 0 bridgehead atoms. The van der Waals surface area contributed by atoms with Crippen molar-refractivity contribution in [3.8, 4) is 0 Å². The van der Waals surface area contributed by atoms with E-state index in [-0.39, 0.29) is 0 Å². The van der Waals surface area contributed by atoms with Gasteiger partial charge in [-0.2, -0.15) is 4.89 Å². The maximum Gasteiger partial charge on any atom is 0.375 e. The number of piperazine rings is 1. The molecule has 6 heteroatoms. The summed E-state index contributed by atoms with van der Waals surface area (Å²) < 4.78 is 0. The summed E-state index contributed by atoms with van der Waals surface area (Å²) in [5.74, 6) is -0.500. The first kappa shape index (κ1) is 21.1. The Labute approximate surface area is 173 Å². The molecule has 1 aliphatic heterocycles. The molecule has 0 spiro atoms. The highest BCUT2D eigenvalue weighted by molar-refractivity contribution is 5.96. The lowest BCUT2D eigenvalue weighted by atomic mass is 10.1. The van der Waals surface area contributed by atoms with E-state index >= 15 is 0 Å². The summed E-state index contributed by atoms with van der Waals surface area (Å²) in [6.45, 7) is 10.1. The monoisotopic (exact) mass is 397 g/mol. The van der Waals surface area contributed by atoms with E-state index in [1.54, 1.807) is 0 Å². The lowest BCUT2D eigenvalue weighted by Gasteiger charge is -2.34. The smallest absolute Gasteiger partial charge is 0.375 e. The number of hydrogen-bond donors (Lipinski definition) is 1. The van der Waals surface area contributed by atoms with E-state index in [0.29, 0.717) is 12.1 Å². The molecule has 156 valence electrons. The Morgan fingerprint density at radius 1 is 1.03 bits per heavy atom. The normalized spacial score (nSPS) is 15.2. The van der Waals surface area contributed by atoms with Gasteiger partial charge in [0.1, 0.15) is 5.60 Å². The lowest BCUT2D eigenvalue weighted by Crippen LogP contribution is -2.44. The van der Waals surface area contributed by atoms with Gasteiger partial charge in [0.15, 0.2) is 0 Å². The summed E-state index contributed by atoms with van der Waals surface area (Å²) in [5.41, 5.74) is 2.88. The molecule has 0 aromatic heterocycles. The molecule has 2 aromatic rings. The van der Waals surface area contributed by atoms with Crippen LogP contribution < -0.4 is 10.2 Å². The van der Waals surface area contributed by atoms with Crippen LogP contribution in [0.5, 0.6) is 0 Å². The zero-order valence-corrected chi connectivity index (χ0v) is 17.8. The third kappa shape index (κ3) is 6.21. The van der Waals surface area contributed by atoms with Crippen LogP contribution in [-0.4, -0.2) is 49.7 Å². The Balaban J connectivity index is 1.80. The van der Waals surface area contributed by atoms with Crippen LogP contribution in [0.25, 0.3) is 0 Å². The molecular weight excluding hydrogens is 366 g/mol. The third-order valence-electron chi connectivity index (χ3n) is 4.78. The second-order valence-corrected chi connectivity index (χ2v) is 8.43. The number of likely N-dealkylation sites (N-methyl/N-ethyl adjacent to an activating group) is 1. The van der Waals surface area contributed by atoms with Crippen LogP contribution in [0.15, 0.2) is 48.5 Å². The Hall–Kier alpha value is -2.57. The molecule has 1 aliphatic rings. The molecule has 29 heavy (non-hydrogen) atoms. The minimum absolute atomic E-state index is 0.461. The Morgan fingerprint density at radius 2 is 1.72 bits per heavy atom. The van der Waals surface area contributed by atoms with Crippen LogP contribution in [0.2, 0.25) is 0 Å². The van der Waals surface area contributed by atoms with E-state index in [0.717, 1.165) is 43.1 Å². The molecule has 1 N–H and O–H groups in total. The second-order valence-electron chi connectivity index (χ2n) is 8.43. The number of benzene rings is 2. The Bertz CT molecular complexity index is 810. The zero-order chi connectivity index (χ0) is 20.9. The molecule has 6 nitrogen and oxygen atoms in total. The number of carbonyl (C=O) groups excluding carboxylic acids is 1. The minimum Gasteiger partial charge on any atom is -0.380 e. The molecule has 0 unspecified atom stereocenters. The van der Waals surface area contributed by atoms with Gasteiger partial charge in [-0.05, 0) is 51.6 Å². The van der Waals surface area contributed by atoms with Gasteiger partial charge in [-0.3, -0.25) is 4.89 Å². The fraction of sp³-hybridized carbons (Fsp3) is 0.435. The van der Waals surface area contributed by atoms with Gasteiger partial charge in [0.05, 0.1) is 11.3 Å². The van der Waals surface area contributed by atoms with Crippen molar-refractivity contribution < 1.29 is 14.6 Å². The molecule has 0 amide bonds. The number of nitrogens with one attached hydrogen (secondary N) is 1. The first-order valence-corrected chi connectivity index (χ1v) is 10.1. The van der Waals surface area contributed by atoms with Crippen molar-refractivity contribution in [1.29, 1.82) is 0 Å². The van der Waals surface area contributed by atoms with Gasteiger partial charge in [0.25, 0.3) is 0 Å². The molecule has 1 saturated heterocycles. The molecule has 0 saturated carbocycles. The second kappa shape index (κ2) is 9.29. The first-order chi connectivity index (χ1) is 13.8. The predicted octanol–water partition coefficient (Wildman–Crippen LogP) is 3.94. The van der Waals surface area contributed by atoms with Gasteiger partial charge in [-0.25, -0.2) is 4.79 Å². The van der Waals surface area contributed by atoms with Gasteiger partial charge in [0, 0.05) is 38.4 Å². The fourth-order valence-electron chi connectivity index (χ4n) is 3.12. The first-order valence-electron chi connectivity index (χ1n) is 10.1. The van der Waals surface area contributed by atoms with E-state index in [2.05, 4.69) is 34.3 Å². The van der Waals surface area contributed by atoms with Crippen LogP contribution in [0.3, 0.4) is 0 Å². The van der Waals surface area contributed by atoms with Gasteiger partial charge < -0.3 is 15.1 Å². The zero-order valence-electron chi connectivity index (χ0n) is 17.8. The summed E-state index contributed by atoms with van der Waals surface area (Å²) in [5, 5.41) is 3.40. The third-order valence-corrected chi connectivity index (χ3v) is 4.78. The Morgan fingerprint density at radius 3 is 2.38 bits per heavy atom. The number of anilines is 2. The largest absolute Gasteiger partial charge is 0.380 e. The van der Waals surface area contributed by atoms with Crippen molar-refractivity contribution in [2.75, 3.05) is 43.4 Å². The van der Waals surface area contributed by atoms with Gasteiger partial charge in [-0.1, -0.05) is 30.3 Å². The van der Waals surface area contributed by atoms with Crippen molar-refractivity contribution in [3.05, 3.63) is 59.7 Å². The van der Waals surface area contributed by atoms with E-state index in [4.69, 9.17) is 9.78 Å². The summed E-state index contributed by atoms with van der Waals surface area (Å²) in [6, 6.07) is 15.9. The highest BCUT2D eigenvalue weighted by atomic mass is 17.2. The summed E-state index contributed by atoms with van der Waals surface area (Å²) in [7, 11) is 2.14. The topological polar surface area (TPSA) is 54.0 Å². The van der Waals surface area contributed by atoms with Crippen LogP contribution >= 0.6 is 0 Å². The molecule has 2 aromatic carbocycles. The van der Waals surface area contributed by atoms with E-state index < -0.39 is 11.6 Å². The highest BCUT2D eigenvalue weighted by Gasteiger charge is 2.21. The number of rotatable bonds is 6. The predicted molar refractivity (Wildman–Crippen MR) is 116 cm³/mol. The standard InChI is InChI=1S/C23H31N3O3/c1-23(2,3)29-28-22(27)20-11-10-19(26-14-12-25(4)13-15-26)16-21(20)24-17-18-8-6-5-7-9-18/h5-11,16,24H,12-15,17H2,1-4H3. The van der Waals surface area contributed by atoms with Crippen molar-refractivity contribution in [1.82, 2.24) is 4.90 Å². The number of hydrogen-bond acceptors (Lipinski definition) is 6. The Kier molecular flexibility index (Phi) is 6.77. The van der Waals surface area contributed by atoms with E-state index in [9.17, 15) is 4.79 Å². The van der Waals surface area contributed by atoms with Crippen molar-refractivity contribution in [2.24, 2.45) is 0 Å². The fourth-order valence-corrected chi connectivity index (χ4v) is 3.12. The van der Waals surface area contributed by atoms with Gasteiger partial charge in [-0.15, -0.1) is 0 Å². The SMILES string of the molecule is CN1CCN(c2ccc(C(=O)OOC(C)(C)C)c(NCc3ccccc3)c2)CC1. The molecule has 0 radical (unpaired) electrons. The summed E-state index contributed by atoms with van der Waals surface area (Å²) >= 11 is 0. The molecular formula is C23H31N3O3. The van der Waals surface area contributed by atoms with Crippen LogP contribution in [0.4, 0.5) is 11.4 Å². The van der Waals surface area contributed by atoms with Crippen molar-refractivity contribution >= 4 is 17.3 Å². The van der Waals surface area contributed by atoms with E-state index in [1.807, 2.05) is 57.2 Å². The minimum atomic E-state index is -0.562. The van der Waals surface area contributed by atoms with E-state index in [1.165, 1.54) is 0 Å². The van der Waals surface area contributed by atoms with Crippen LogP contribution in [-0.2, 0) is 16.3 Å². The van der Waals surface area contributed by atoms with Crippen LogP contribution in [0.1, 0.15) is 36.7 Å². The average molecular weight is 398 g/mol. The number of carbonyl (C=O) groups is 1. The molecule has 1 heterocycles. The maximum absolute atomic E-state index is 12.6. The van der Waals surface area contributed by atoms with Crippen molar-refractivity contribution in [2.45, 2.75) is 32.9 Å². The van der Waals surface area contributed by atoms with Crippen LogP contribution in [0, 0.1) is 0 Å². The average Bonchev–Trinajstić information content (AvgIpc) is 2.71. The quantitative estimate of drug-likeness (QED) is 0.589. The maximum atomic E-state index is 12.6. The number of nitrogens with zero attached hydrogens (tertiary/aromatic N) is 2. The van der Waals surface area contributed by atoms with Crippen molar-refractivity contribution in [3.63, 3.8) is 0 Å². The molecule has 3 rings (SSSR count). The lowest BCUT2D eigenvalue weighted by molar-refractivity contribution is -0.301. The molecule has 0 aliphatic carbocycles.